The number of furan rings is 1. The van der Waals surface area contributed by atoms with Crippen LogP contribution < -0.4 is 14.5 Å². The van der Waals surface area contributed by atoms with Crippen LogP contribution in [0.1, 0.15) is 5.76 Å². The highest BCUT2D eigenvalue weighted by molar-refractivity contribution is 7.92. The molecule has 0 saturated carbocycles. The molecule has 0 fully saturated rings. The first-order chi connectivity index (χ1) is 14.4. The summed E-state index contributed by atoms with van der Waals surface area (Å²) in [6.45, 7) is -0.495. The van der Waals surface area contributed by atoms with Gasteiger partial charge in [0.25, 0.3) is 15.9 Å². The fourth-order valence-electron chi connectivity index (χ4n) is 2.50. The zero-order valence-electron chi connectivity index (χ0n) is 15.9. The lowest BCUT2D eigenvalue weighted by molar-refractivity contribution is -0.119. The van der Waals surface area contributed by atoms with Gasteiger partial charge in [0.1, 0.15) is 18.1 Å². The molecule has 0 unspecified atom stereocenters. The molecule has 1 aromatic heterocycles. The van der Waals surface area contributed by atoms with Gasteiger partial charge in [-0.15, -0.1) is 0 Å². The van der Waals surface area contributed by atoms with E-state index in [0.29, 0.717) is 16.5 Å². The second kappa shape index (κ2) is 9.47. The summed E-state index contributed by atoms with van der Waals surface area (Å²) >= 11 is 5.91. The van der Waals surface area contributed by atoms with Crippen molar-refractivity contribution in [1.29, 1.82) is 0 Å². The molecule has 0 spiro atoms. The summed E-state index contributed by atoms with van der Waals surface area (Å²) in [5.41, 5.74) is 2.57. The Morgan fingerprint density at radius 3 is 2.47 bits per heavy atom. The van der Waals surface area contributed by atoms with Crippen LogP contribution in [0.2, 0.25) is 5.02 Å². The third-order valence-corrected chi connectivity index (χ3v) is 6.01. The SMILES string of the molecule is COc1ccc(S(=O)(=O)N(CC(=O)N/N=C\c2ccco2)c2ccc(Cl)cc2)cc1. The molecule has 156 valence electrons. The average Bonchev–Trinajstić information content (AvgIpc) is 3.26. The molecule has 0 aliphatic rings. The average molecular weight is 448 g/mol. The van der Waals surface area contributed by atoms with Crippen LogP contribution in [0.15, 0.2) is 81.3 Å². The number of carbonyl (C=O) groups is 1. The lowest BCUT2D eigenvalue weighted by Crippen LogP contribution is -2.39. The summed E-state index contributed by atoms with van der Waals surface area (Å²) in [5.74, 6) is 0.317. The Bertz CT molecular complexity index is 1110. The molecule has 1 N–H and O–H groups in total. The minimum atomic E-state index is -4.05. The Morgan fingerprint density at radius 2 is 1.87 bits per heavy atom. The predicted octanol–water partition coefficient (Wildman–Crippen LogP) is 3.29. The van der Waals surface area contributed by atoms with Gasteiger partial charge in [0, 0.05) is 5.02 Å². The summed E-state index contributed by atoms with van der Waals surface area (Å²) < 4.78 is 37.6. The number of halogens is 1. The van der Waals surface area contributed by atoms with Crippen molar-refractivity contribution in [3.8, 4) is 5.75 Å². The number of rotatable bonds is 8. The minimum Gasteiger partial charge on any atom is -0.497 e. The van der Waals surface area contributed by atoms with E-state index in [2.05, 4.69) is 10.5 Å². The van der Waals surface area contributed by atoms with Crippen LogP contribution in [0.3, 0.4) is 0 Å². The number of hydrogen-bond donors (Lipinski definition) is 1. The predicted molar refractivity (Wildman–Crippen MR) is 113 cm³/mol. The molecule has 1 heterocycles. The van der Waals surface area contributed by atoms with Gasteiger partial charge in [-0.1, -0.05) is 11.6 Å². The molecular weight excluding hydrogens is 430 g/mol. The maximum absolute atomic E-state index is 13.2. The van der Waals surface area contributed by atoms with Gasteiger partial charge in [0.15, 0.2) is 0 Å². The van der Waals surface area contributed by atoms with Gasteiger partial charge in [-0.2, -0.15) is 5.10 Å². The van der Waals surface area contributed by atoms with E-state index in [1.54, 1.807) is 24.3 Å². The van der Waals surface area contributed by atoms with E-state index in [0.717, 1.165) is 4.31 Å². The molecule has 0 aliphatic heterocycles. The van der Waals surface area contributed by atoms with Crippen LogP contribution in [0, 0.1) is 0 Å². The first kappa shape index (κ1) is 21.4. The number of nitrogens with zero attached hydrogens (tertiary/aromatic N) is 2. The van der Waals surface area contributed by atoms with Crippen molar-refractivity contribution < 1.29 is 22.4 Å². The Hall–Kier alpha value is -3.30. The summed E-state index contributed by atoms with van der Waals surface area (Å²) in [5, 5.41) is 4.21. The number of ether oxygens (including phenoxy) is 1. The van der Waals surface area contributed by atoms with Gasteiger partial charge in [0.05, 0.1) is 30.2 Å². The summed E-state index contributed by atoms with van der Waals surface area (Å²) in [6.07, 6.45) is 2.77. The van der Waals surface area contributed by atoms with Gasteiger partial charge < -0.3 is 9.15 Å². The van der Waals surface area contributed by atoms with E-state index in [-0.39, 0.29) is 10.6 Å². The number of hydrogen-bond acceptors (Lipinski definition) is 6. The smallest absolute Gasteiger partial charge is 0.264 e. The molecular formula is C20H18ClN3O5S. The minimum absolute atomic E-state index is 0.00476. The maximum Gasteiger partial charge on any atom is 0.264 e. The van der Waals surface area contributed by atoms with Crippen molar-refractivity contribution in [2.24, 2.45) is 5.10 Å². The number of hydrazone groups is 1. The van der Waals surface area contributed by atoms with Crippen molar-refractivity contribution in [1.82, 2.24) is 5.43 Å². The number of sulfonamides is 1. The van der Waals surface area contributed by atoms with Gasteiger partial charge >= 0.3 is 0 Å². The maximum atomic E-state index is 13.2. The van der Waals surface area contributed by atoms with Gasteiger partial charge in [-0.3, -0.25) is 9.10 Å². The van der Waals surface area contributed by atoms with Gasteiger partial charge in [-0.05, 0) is 60.7 Å². The van der Waals surface area contributed by atoms with Crippen molar-refractivity contribution >= 4 is 39.4 Å². The second-order valence-electron chi connectivity index (χ2n) is 5.97. The number of nitrogens with one attached hydrogen (secondary N) is 1. The van der Waals surface area contributed by atoms with Crippen LogP contribution in [0.25, 0.3) is 0 Å². The molecule has 0 aliphatic carbocycles. The molecule has 8 nitrogen and oxygen atoms in total. The van der Waals surface area contributed by atoms with Crippen molar-refractivity contribution in [2.75, 3.05) is 18.0 Å². The third kappa shape index (κ3) is 5.19. The lowest BCUT2D eigenvalue weighted by Gasteiger charge is -2.23. The zero-order chi connectivity index (χ0) is 21.6. The van der Waals surface area contributed by atoms with Gasteiger partial charge in [-0.25, -0.2) is 13.8 Å². The molecule has 0 atom stereocenters. The van der Waals surface area contributed by atoms with E-state index in [9.17, 15) is 13.2 Å². The third-order valence-electron chi connectivity index (χ3n) is 3.97. The Labute approximate surface area is 178 Å². The Balaban J connectivity index is 1.86. The molecule has 3 aromatic rings. The van der Waals surface area contributed by atoms with Crippen LogP contribution in [0.5, 0.6) is 5.75 Å². The number of methoxy groups -OCH3 is 1. The number of benzene rings is 2. The highest BCUT2D eigenvalue weighted by Gasteiger charge is 2.27. The van der Waals surface area contributed by atoms with Crippen molar-refractivity contribution in [3.05, 3.63) is 77.7 Å². The molecule has 0 bridgehead atoms. The highest BCUT2D eigenvalue weighted by atomic mass is 35.5. The topological polar surface area (TPSA) is 101 Å². The van der Waals surface area contributed by atoms with Gasteiger partial charge in [0.2, 0.25) is 0 Å². The summed E-state index contributed by atoms with van der Waals surface area (Å²) in [6, 6.07) is 15.3. The standard InChI is InChI=1S/C20H18ClN3O5S/c1-28-17-8-10-19(11-9-17)30(26,27)24(16-6-4-15(21)5-7-16)14-20(25)23-22-13-18-3-2-12-29-18/h2-13H,14H2,1H3,(H,23,25)/b22-13-. The van der Waals surface area contributed by atoms with Crippen LogP contribution in [0.4, 0.5) is 5.69 Å². The Kier molecular flexibility index (Phi) is 6.76. The number of carbonyl (C=O) groups excluding carboxylic acids is 1. The van der Waals surface area contributed by atoms with E-state index in [4.69, 9.17) is 20.8 Å². The van der Waals surface area contributed by atoms with Crippen molar-refractivity contribution in [2.45, 2.75) is 4.90 Å². The van der Waals surface area contributed by atoms with Crippen LogP contribution in [-0.2, 0) is 14.8 Å². The summed E-state index contributed by atoms with van der Waals surface area (Å²) in [4.78, 5) is 12.4. The highest BCUT2D eigenvalue weighted by Crippen LogP contribution is 2.26. The first-order valence-electron chi connectivity index (χ1n) is 8.68. The van der Waals surface area contributed by atoms with Crippen LogP contribution >= 0.6 is 11.6 Å². The van der Waals surface area contributed by atoms with E-state index >= 15 is 0 Å². The van der Waals surface area contributed by atoms with E-state index in [1.807, 2.05) is 0 Å². The van der Waals surface area contributed by atoms with E-state index < -0.39 is 22.5 Å². The van der Waals surface area contributed by atoms with Crippen molar-refractivity contribution in [3.63, 3.8) is 0 Å². The molecule has 0 saturated heterocycles. The molecule has 0 radical (unpaired) electrons. The largest absolute Gasteiger partial charge is 0.497 e. The molecule has 10 heteroatoms. The molecule has 2 aromatic carbocycles. The second-order valence-corrected chi connectivity index (χ2v) is 8.27. The molecule has 3 rings (SSSR count). The molecule has 1 amide bonds. The lowest BCUT2D eigenvalue weighted by atomic mass is 10.3. The fourth-order valence-corrected chi connectivity index (χ4v) is 4.04. The quantitative estimate of drug-likeness (QED) is 0.421. The zero-order valence-corrected chi connectivity index (χ0v) is 17.4. The molecule has 30 heavy (non-hydrogen) atoms. The van der Waals surface area contributed by atoms with Crippen LogP contribution in [-0.4, -0.2) is 34.2 Å². The first-order valence-corrected chi connectivity index (χ1v) is 10.5. The number of amides is 1. The monoisotopic (exact) mass is 447 g/mol. The normalized spacial score (nSPS) is 11.4. The number of anilines is 1. The van der Waals surface area contributed by atoms with E-state index in [1.165, 1.54) is 56.0 Å². The Morgan fingerprint density at radius 1 is 1.17 bits per heavy atom. The summed E-state index contributed by atoms with van der Waals surface area (Å²) in [7, 11) is -2.57. The fraction of sp³-hybridized carbons (Fsp3) is 0.100.